The van der Waals surface area contributed by atoms with Crippen LogP contribution in [0.15, 0.2) is 36.4 Å². The van der Waals surface area contributed by atoms with Crippen molar-refractivity contribution in [2.24, 2.45) is 0 Å². The van der Waals surface area contributed by atoms with Gasteiger partial charge in [-0.3, -0.25) is 0 Å². The molecule has 0 amide bonds. The molecule has 0 bridgehead atoms. The molecule has 0 spiro atoms. The van der Waals surface area contributed by atoms with E-state index in [-0.39, 0.29) is 5.69 Å². The van der Waals surface area contributed by atoms with Crippen molar-refractivity contribution < 1.29 is 17.9 Å². The van der Waals surface area contributed by atoms with Gasteiger partial charge in [0.2, 0.25) is 0 Å². The molecule has 0 radical (unpaired) electrons. The van der Waals surface area contributed by atoms with Gasteiger partial charge in [0, 0.05) is 16.8 Å². The molecular formula is C16H14F3NO. The molecule has 2 N–H and O–H groups in total. The first-order valence-corrected chi connectivity index (χ1v) is 6.68. The van der Waals surface area contributed by atoms with Crippen molar-refractivity contribution in [3.05, 3.63) is 47.5 Å². The normalized spacial score (nSPS) is 14.4. The Hall–Kier alpha value is -2.17. The van der Waals surface area contributed by atoms with Crippen molar-refractivity contribution in [1.29, 1.82) is 0 Å². The monoisotopic (exact) mass is 293 g/mol. The summed E-state index contributed by atoms with van der Waals surface area (Å²) in [5.74, 6) is 0.732. The second-order valence-corrected chi connectivity index (χ2v) is 5.05. The van der Waals surface area contributed by atoms with Crippen LogP contribution in [0.3, 0.4) is 0 Å². The van der Waals surface area contributed by atoms with E-state index in [4.69, 9.17) is 10.5 Å². The highest BCUT2D eigenvalue weighted by Crippen LogP contribution is 2.40. The molecule has 1 heterocycles. The summed E-state index contributed by atoms with van der Waals surface area (Å²) in [4.78, 5) is 0. The van der Waals surface area contributed by atoms with Crippen LogP contribution in [0.1, 0.15) is 17.5 Å². The lowest BCUT2D eigenvalue weighted by Crippen LogP contribution is -2.10. The Balaban J connectivity index is 2.10. The minimum Gasteiger partial charge on any atom is -0.493 e. The Labute approximate surface area is 120 Å². The van der Waals surface area contributed by atoms with Crippen molar-refractivity contribution in [1.82, 2.24) is 0 Å². The molecule has 0 saturated carbocycles. The summed E-state index contributed by atoms with van der Waals surface area (Å²) in [5.41, 5.74) is 7.58. The number of fused-ring (bicyclic) bond motifs is 1. The quantitative estimate of drug-likeness (QED) is 0.796. The zero-order chi connectivity index (χ0) is 15.0. The fourth-order valence-corrected chi connectivity index (χ4v) is 2.59. The van der Waals surface area contributed by atoms with Crippen LogP contribution in [-0.4, -0.2) is 6.61 Å². The van der Waals surface area contributed by atoms with Gasteiger partial charge in [-0.25, -0.2) is 0 Å². The smallest absolute Gasteiger partial charge is 0.416 e. The van der Waals surface area contributed by atoms with Crippen LogP contribution in [-0.2, 0) is 12.6 Å². The third kappa shape index (κ3) is 2.55. The van der Waals surface area contributed by atoms with Gasteiger partial charge in [0.25, 0.3) is 0 Å². The summed E-state index contributed by atoms with van der Waals surface area (Å²) >= 11 is 0. The van der Waals surface area contributed by atoms with E-state index >= 15 is 0 Å². The van der Waals surface area contributed by atoms with Crippen LogP contribution in [0, 0.1) is 0 Å². The highest BCUT2D eigenvalue weighted by atomic mass is 19.4. The summed E-state index contributed by atoms with van der Waals surface area (Å²) in [7, 11) is 0. The Morgan fingerprint density at radius 1 is 1.05 bits per heavy atom. The van der Waals surface area contributed by atoms with Crippen LogP contribution < -0.4 is 10.5 Å². The molecule has 2 nitrogen and oxygen atoms in total. The van der Waals surface area contributed by atoms with Crippen LogP contribution in [0.5, 0.6) is 5.75 Å². The van der Waals surface area contributed by atoms with Gasteiger partial charge in [-0.05, 0) is 30.5 Å². The summed E-state index contributed by atoms with van der Waals surface area (Å²) in [6, 6.07) is 9.10. The molecule has 21 heavy (non-hydrogen) atoms. The minimum absolute atomic E-state index is 0.104. The molecule has 5 heteroatoms. The Bertz CT molecular complexity index is 680. The highest BCUT2D eigenvalue weighted by molar-refractivity contribution is 5.82. The van der Waals surface area contributed by atoms with Gasteiger partial charge in [-0.15, -0.1) is 0 Å². The number of para-hydroxylation sites is 1. The Morgan fingerprint density at radius 2 is 1.86 bits per heavy atom. The van der Waals surface area contributed by atoms with E-state index in [9.17, 15) is 13.2 Å². The fourth-order valence-electron chi connectivity index (χ4n) is 2.59. The second-order valence-electron chi connectivity index (χ2n) is 5.05. The number of anilines is 1. The topological polar surface area (TPSA) is 35.2 Å². The number of benzene rings is 2. The standard InChI is InChI=1S/C16H14F3NO/c17-16(18,19)11-6-7-12(14(20)9-11)13-5-1-3-10-4-2-8-21-15(10)13/h1,3,5-7,9H,2,4,8,20H2. The number of nitrogens with two attached hydrogens (primary N) is 1. The molecule has 0 unspecified atom stereocenters. The van der Waals surface area contributed by atoms with Gasteiger partial charge in [0.05, 0.1) is 12.2 Å². The SMILES string of the molecule is Nc1cc(C(F)(F)F)ccc1-c1cccc2c1OCCC2. The first-order chi connectivity index (χ1) is 9.97. The fraction of sp³-hybridized carbons (Fsp3) is 0.250. The lowest BCUT2D eigenvalue weighted by atomic mass is 9.96. The number of rotatable bonds is 1. The van der Waals surface area contributed by atoms with Gasteiger partial charge in [-0.2, -0.15) is 13.2 Å². The lowest BCUT2D eigenvalue weighted by Gasteiger charge is -2.21. The van der Waals surface area contributed by atoms with Crippen LogP contribution in [0.25, 0.3) is 11.1 Å². The van der Waals surface area contributed by atoms with Crippen LogP contribution in [0.4, 0.5) is 18.9 Å². The third-order valence-electron chi connectivity index (χ3n) is 3.60. The number of ether oxygens (including phenoxy) is 1. The molecule has 0 atom stereocenters. The Morgan fingerprint density at radius 3 is 2.57 bits per heavy atom. The molecule has 110 valence electrons. The number of hydrogen-bond acceptors (Lipinski definition) is 2. The average molecular weight is 293 g/mol. The van der Waals surface area contributed by atoms with E-state index in [1.807, 2.05) is 18.2 Å². The third-order valence-corrected chi connectivity index (χ3v) is 3.60. The predicted octanol–water partition coefficient (Wildman–Crippen LogP) is 4.28. The van der Waals surface area contributed by atoms with Gasteiger partial charge >= 0.3 is 6.18 Å². The second kappa shape index (κ2) is 4.98. The van der Waals surface area contributed by atoms with E-state index in [2.05, 4.69) is 0 Å². The van der Waals surface area contributed by atoms with E-state index < -0.39 is 11.7 Å². The summed E-state index contributed by atoms with van der Waals surface area (Å²) in [5, 5.41) is 0. The summed E-state index contributed by atoms with van der Waals surface area (Å²) < 4.78 is 43.8. The molecular weight excluding hydrogens is 279 g/mol. The lowest BCUT2D eigenvalue weighted by molar-refractivity contribution is -0.137. The van der Waals surface area contributed by atoms with Gasteiger partial charge in [0.1, 0.15) is 5.75 Å². The molecule has 0 aliphatic carbocycles. The average Bonchev–Trinajstić information content (AvgIpc) is 2.46. The molecule has 0 aromatic heterocycles. The highest BCUT2D eigenvalue weighted by Gasteiger charge is 2.31. The van der Waals surface area contributed by atoms with E-state index in [0.29, 0.717) is 12.2 Å². The van der Waals surface area contributed by atoms with Crippen molar-refractivity contribution in [3.8, 4) is 16.9 Å². The van der Waals surface area contributed by atoms with E-state index in [0.717, 1.165) is 41.9 Å². The number of nitrogen functional groups attached to an aromatic ring is 1. The van der Waals surface area contributed by atoms with Gasteiger partial charge in [-0.1, -0.05) is 24.3 Å². The first kappa shape index (κ1) is 13.8. The molecule has 0 fully saturated rings. The molecule has 2 aromatic carbocycles. The zero-order valence-corrected chi connectivity index (χ0v) is 11.2. The minimum atomic E-state index is -4.39. The van der Waals surface area contributed by atoms with Gasteiger partial charge in [0.15, 0.2) is 0 Å². The number of aryl methyl sites for hydroxylation is 1. The summed E-state index contributed by atoms with van der Waals surface area (Å²) in [6.07, 6.45) is -2.54. The first-order valence-electron chi connectivity index (χ1n) is 6.68. The Kier molecular flexibility index (Phi) is 3.27. The summed E-state index contributed by atoms with van der Waals surface area (Å²) in [6.45, 7) is 0.616. The number of halogens is 3. The largest absolute Gasteiger partial charge is 0.493 e. The maximum Gasteiger partial charge on any atom is 0.416 e. The molecule has 1 aliphatic heterocycles. The maximum atomic E-state index is 12.7. The predicted molar refractivity (Wildman–Crippen MR) is 75.1 cm³/mol. The van der Waals surface area contributed by atoms with Crippen molar-refractivity contribution in [2.75, 3.05) is 12.3 Å². The van der Waals surface area contributed by atoms with E-state index in [1.165, 1.54) is 6.07 Å². The zero-order valence-electron chi connectivity index (χ0n) is 11.2. The molecule has 1 aliphatic rings. The van der Waals surface area contributed by atoms with E-state index in [1.54, 1.807) is 0 Å². The van der Waals surface area contributed by atoms with Gasteiger partial charge < -0.3 is 10.5 Å². The molecule has 2 aromatic rings. The van der Waals surface area contributed by atoms with Crippen LogP contribution in [0.2, 0.25) is 0 Å². The maximum absolute atomic E-state index is 12.7. The number of alkyl halides is 3. The molecule has 0 saturated heterocycles. The van der Waals surface area contributed by atoms with Crippen molar-refractivity contribution >= 4 is 5.69 Å². The number of hydrogen-bond donors (Lipinski definition) is 1. The van der Waals surface area contributed by atoms with Crippen LogP contribution >= 0.6 is 0 Å². The van der Waals surface area contributed by atoms with Crippen molar-refractivity contribution in [3.63, 3.8) is 0 Å². The molecule has 3 rings (SSSR count). The van der Waals surface area contributed by atoms with Crippen molar-refractivity contribution in [2.45, 2.75) is 19.0 Å².